The van der Waals surface area contributed by atoms with Gasteiger partial charge < -0.3 is 15.2 Å². The van der Waals surface area contributed by atoms with Gasteiger partial charge in [0.25, 0.3) is 0 Å². The van der Waals surface area contributed by atoms with Crippen LogP contribution in [-0.2, 0) is 0 Å². The van der Waals surface area contributed by atoms with Crippen molar-refractivity contribution >= 4 is 23.0 Å². The highest BCUT2D eigenvalue weighted by Gasteiger charge is 2.23. The Hall–Kier alpha value is -3.84. The van der Waals surface area contributed by atoms with Gasteiger partial charge in [0.1, 0.15) is 11.8 Å². The van der Waals surface area contributed by atoms with E-state index in [1.54, 1.807) is 29.9 Å². The second-order valence-electron chi connectivity index (χ2n) is 9.69. The zero-order valence-corrected chi connectivity index (χ0v) is 23.0. The average molecular weight is 541 g/mol. The number of aromatic nitrogens is 3. The maximum absolute atomic E-state index is 9.89. The van der Waals surface area contributed by atoms with Crippen molar-refractivity contribution in [1.29, 1.82) is 5.26 Å². The number of benzene rings is 1. The Morgan fingerprint density at radius 3 is 2.92 bits per heavy atom. The van der Waals surface area contributed by atoms with Gasteiger partial charge in [-0.2, -0.15) is 5.26 Å². The molecule has 1 aliphatic heterocycles. The fourth-order valence-electron chi connectivity index (χ4n) is 5.01. The molecule has 3 aromatic heterocycles. The van der Waals surface area contributed by atoms with Crippen molar-refractivity contribution in [2.75, 3.05) is 31.6 Å². The number of anilines is 2. The number of ether oxygens (including phenoxy) is 1. The normalized spacial score (nSPS) is 15.3. The quantitative estimate of drug-likeness (QED) is 0.246. The van der Waals surface area contributed by atoms with Crippen LogP contribution in [-0.4, -0.2) is 57.3 Å². The highest BCUT2D eigenvalue weighted by Crippen LogP contribution is 2.43. The number of likely N-dealkylation sites (tertiary alicyclic amines) is 1. The number of hydrogen-bond donors (Lipinski definition) is 2. The summed E-state index contributed by atoms with van der Waals surface area (Å²) in [6.07, 6.45) is 8.44. The lowest BCUT2D eigenvalue weighted by atomic mass is 10.0. The van der Waals surface area contributed by atoms with Gasteiger partial charge in [0.15, 0.2) is 0 Å². The summed E-state index contributed by atoms with van der Waals surface area (Å²) >= 11 is 1.56. The van der Waals surface area contributed by atoms with Gasteiger partial charge in [-0.3, -0.25) is 9.88 Å². The SMILES string of the molecule is Cc1cnc(Nc2cccc(OCCCN3CCC[C@H]3CO)c2)nc1-c1sc(C)c(C#N)c1-c1cccnc1. The number of hydrogen-bond acceptors (Lipinski definition) is 9. The van der Waals surface area contributed by atoms with E-state index in [0.29, 0.717) is 24.2 Å². The van der Waals surface area contributed by atoms with Crippen LogP contribution in [0.25, 0.3) is 21.7 Å². The smallest absolute Gasteiger partial charge is 0.227 e. The Labute approximate surface area is 233 Å². The lowest BCUT2D eigenvalue weighted by molar-refractivity contribution is 0.150. The zero-order chi connectivity index (χ0) is 27.2. The van der Waals surface area contributed by atoms with E-state index in [-0.39, 0.29) is 6.61 Å². The third-order valence-corrected chi connectivity index (χ3v) is 8.10. The summed E-state index contributed by atoms with van der Waals surface area (Å²) in [5.41, 5.74) is 4.94. The second-order valence-corrected chi connectivity index (χ2v) is 10.9. The van der Waals surface area contributed by atoms with E-state index >= 15 is 0 Å². The molecule has 0 radical (unpaired) electrons. The molecule has 2 N–H and O–H groups in total. The number of nitrogens with one attached hydrogen (secondary N) is 1. The van der Waals surface area contributed by atoms with Gasteiger partial charge in [0, 0.05) is 58.9 Å². The minimum Gasteiger partial charge on any atom is -0.493 e. The number of rotatable bonds is 10. The summed E-state index contributed by atoms with van der Waals surface area (Å²) < 4.78 is 6.01. The van der Waals surface area contributed by atoms with Crippen molar-refractivity contribution in [3.05, 3.63) is 71.0 Å². The number of nitriles is 1. The van der Waals surface area contributed by atoms with Crippen LogP contribution < -0.4 is 10.1 Å². The minimum atomic E-state index is 0.230. The molecule has 9 heteroatoms. The highest BCUT2D eigenvalue weighted by atomic mass is 32.1. The summed E-state index contributed by atoms with van der Waals surface area (Å²) in [6.45, 7) is 6.76. The molecule has 4 heterocycles. The van der Waals surface area contributed by atoms with Crippen molar-refractivity contribution in [3.63, 3.8) is 0 Å². The van der Waals surface area contributed by atoms with Crippen LogP contribution in [0.4, 0.5) is 11.6 Å². The van der Waals surface area contributed by atoms with Crippen LogP contribution in [0.3, 0.4) is 0 Å². The lowest BCUT2D eigenvalue weighted by Crippen LogP contribution is -2.33. The Balaban J connectivity index is 1.31. The fraction of sp³-hybridized carbons (Fsp3) is 0.333. The first-order valence-corrected chi connectivity index (χ1v) is 14.0. The first kappa shape index (κ1) is 26.8. The number of thiophene rings is 1. The molecule has 8 nitrogen and oxygen atoms in total. The van der Waals surface area contributed by atoms with E-state index in [9.17, 15) is 10.4 Å². The maximum Gasteiger partial charge on any atom is 0.227 e. The van der Waals surface area contributed by atoms with Gasteiger partial charge in [0.05, 0.1) is 29.3 Å². The Bertz CT molecular complexity index is 1470. The maximum atomic E-state index is 9.89. The molecule has 0 aliphatic carbocycles. The first-order valence-electron chi connectivity index (χ1n) is 13.2. The van der Waals surface area contributed by atoms with Gasteiger partial charge in [-0.25, -0.2) is 9.97 Å². The predicted octanol–water partition coefficient (Wildman–Crippen LogP) is 5.72. The van der Waals surface area contributed by atoms with Crippen molar-refractivity contribution in [2.45, 2.75) is 39.2 Å². The monoisotopic (exact) mass is 540 g/mol. The topological polar surface area (TPSA) is 107 Å². The third-order valence-electron chi connectivity index (χ3n) is 6.99. The largest absolute Gasteiger partial charge is 0.493 e. The molecule has 1 aliphatic rings. The van der Waals surface area contributed by atoms with E-state index in [2.05, 4.69) is 26.3 Å². The number of nitrogens with zero attached hydrogens (tertiary/aromatic N) is 5. The van der Waals surface area contributed by atoms with Crippen molar-refractivity contribution < 1.29 is 9.84 Å². The molecule has 200 valence electrons. The molecule has 39 heavy (non-hydrogen) atoms. The molecule has 0 bridgehead atoms. The zero-order valence-electron chi connectivity index (χ0n) is 22.2. The molecule has 4 aromatic rings. The number of aryl methyl sites for hydroxylation is 2. The van der Waals surface area contributed by atoms with Gasteiger partial charge in [-0.05, 0) is 63.4 Å². The Kier molecular flexibility index (Phi) is 8.47. The average Bonchev–Trinajstić information content (AvgIpc) is 3.56. The van der Waals surface area contributed by atoms with E-state index in [4.69, 9.17) is 9.72 Å². The molecular formula is C30H32N6O2S. The van der Waals surface area contributed by atoms with E-state index in [1.165, 1.54) is 0 Å². The Morgan fingerprint density at radius 2 is 2.13 bits per heavy atom. The molecule has 0 spiro atoms. The van der Waals surface area contributed by atoms with Crippen LogP contribution in [0, 0.1) is 25.2 Å². The predicted molar refractivity (Wildman–Crippen MR) is 154 cm³/mol. The number of aliphatic hydroxyl groups excluding tert-OH is 1. The van der Waals surface area contributed by atoms with E-state index < -0.39 is 0 Å². The fourth-order valence-corrected chi connectivity index (χ4v) is 6.19. The van der Waals surface area contributed by atoms with Gasteiger partial charge in [0.2, 0.25) is 5.95 Å². The van der Waals surface area contributed by atoms with Gasteiger partial charge >= 0.3 is 0 Å². The number of aliphatic hydroxyl groups is 1. The molecular weight excluding hydrogens is 508 g/mol. The van der Waals surface area contributed by atoms with Gasteiger partial charge in [-0.1, -0.05) is 12.1 Å². The molecule has 1 atom stereocenters. The third kappa shape index (κ3) is 6.09. The Morgan fingerprint density at radius 1 is 1.23 bits per heavy atom. The van der Waals surface area contributed by atoms with Crippen LogP contribution >= 0.6 is 11.3 Å². The highest BCUT2D eigenvalue weighted by molar-refractivity contribution is 7.16. The van der Waals surface area contributed by atoms with Crippen molar-refractivity contribution in [1.82, 2.24) is 19.9 Å². The molecule has 1 fully saturated rings. The summed E-state index contributed by atoms with van der Waals surface area (Å²) in [7, 11) is 0. The van der Waals surface area contributed by atoms with E-state index in [1.807, 2.05) is 50.2 Å². The van der Waals surface area contributed by atoms with Crippen molar-refractivity contribution in [2.24, 2.45) is 0 Å². The molecule has 0 unspecified atom stereocenters. The van der Waals surface area contributed by atoms with Gasteiger partial charge in [-0.15, -0.1) is 11.3 Å². The van der Waals surface area contributed by atoms with Crippen LogP contribution in [0.1, 0.15) is 35.3 Å². The summed E-state index contributed by atoms with van der Waals surface area (Å²) in [5, 5.41) is 22.7. The first-order chi connectivity index (χ1) is 19.1. The van der Waals surface area contributed by atoms with Crippen molar-refractivity contribution in [3.8, 4) is 33.5 Å². The molecule has 0 amide bonds. The van der Waals surface area contributed by atoms with Crippen LogP contribution in [0.2, 0.25) is 0 Å². The summed E-state index contributed by atoms with van der Waals surface area (Å²) in [4.78, 5) is 17.9. The summed E-state index contributed by atoms with van der Waals surface area (Å²) in [6, 6.07) is 14.3. The standard InChI is InChI=1S/C30H32N6O2S/c1-20-17-33-30(35-28(20)29-27(22-7-4-11-32-18-22)26(16-31)21(2)39-29)34-23-8-3-10-25(15-23)38-14-6-13-36-12-5-9-24(36)19-37/h3-4,7-8,10-11,15,17-18,24,37H,5-6,9,12-14,19H2,1-2H3,(H,33,34,35)/t24-/m0/s1. The molecule has 0 saturated carbocycles. The second kappa shape index (κ2) is 12.3. The lowest BCUT2D eigenvalue weighted by Gasteiger charge is -2.22. The van der Waals surface area contributed by atoms with E-state index in [0.717, 1.165) is 75.9 Å². The van der Waals surface area contributed by atoms with Crippen LogP contribution in [0.5, 0.6) is 5.75 Å². The molecule has 5 rings (SSSR count). The summed E-state index contributed by atoms with van der Waals surface area (Å²) in [5.74, 6) is 1.25. The molecule has 1 saturated heterocycles. The number of pyridine rings is 1. The van der Waals surface area contributed by atoms with Crippen LogP contribution in [0.15, 0.2) is 55.0 Å². The molecule has 1 aromatic carbocycles. The minimum absolute atomic E-state index is 0.230.